The van der Waals surface area contributed by atoms with Crippen LogP contribution >= 0.6 is 0 Å². The van der Waals surface area contributed by atoms with Gasteiger partial charge in [0.25, 0.3) is 0 Å². The van der Waals surface area contributed by atoms with E-state index < -0.39 is 0 Å². The SMILES string of the molecule is C=C(CCCCCC)C(CC)[C@@H](O)C[C@H]1CCC[C@@H](C(C)CC)C1. The molecular formula is C23H44O. The molecule has 1 rings (SSSR count). The van der Waals surface area contributed by atoms with Gasteiger partial charge in [-0.3, -0.25) is 0 Å². The predicted molar refractivity (Wildman–Crippen MR) is 107 cm³/mol. The largest absolute Gasteiger partial charge is 0.392 e. The molecule has 1 heteroatoms. The van der Waals surface area contributed by atoms with Crippen LogP contribution in [0.1, 0.15) is 105 Å². The highest BCUT2D eigenvalue weighted by molar-refractivity contribution is 5.03. The molecule has 1 aliphatic carbocycles. The molecule has 0 saturated heterocycles. The van der Waals surface area contributed by atoms with Crippen LogP contribution in [0.25, 0.3) is 0 Å². The van der Waals surface area contributed by atoms with Crippen LogP contribution in [0, 0.1) is 23.7 Å². The molecule has 1 N–H and O–H groups in total. The summed E-state index contributed by atoms with van der Waals surface area (Å²) in [4.78, 5) is 0. The van der Waals surface area contributed by atoms with Crippen LogP contribution in [-0.2, 0) is 0 Å². The quantitative estimate of drug-likeness (QED) is 0.296. The van der Waals surface area contributed by atoms with E-state index in [9.17, 15) is 5.11 Å². The average Bonchev–Trinajstić information content (AvgIpc) is 2.58. The van der Waals surface area contributed by atoms with E-state index in [2.05, 4.69) is 34.3 Å². The van der Waals surface area contributed by atoms with E-state index in [0.29, 0.717) is 5.92 Å². The lowest BCUT2D eigenvalue weighted by Crippen LogP contribution is -2.28. The third-order valence-electron chi connectivity index (χ3n) is 6.63. The fourth-order valence-corrected chi connectivity index (χ4v) is 4.70. The Hall–Kier alpha value is -0.300. The van der Waals surface area contributed by atoms with Crippen molar-refractivity contribution in [2.75, 3.05) is 0 Å². The highest BCUT2D eigenvalue weighted by Gasteiger charge is 2.29. The van der Waals surface area contributed by atoms with Gasteiger partial charge in [0, 0.05) is 5.92 Å². The van der Waals surface area contributed by atoms with Crippen molar-refractivity contribution in [3.63, 3.8) is 0 Å². The summed E-state index contributed by atoms with van der Waals surface area (Å²) in [5.74, 6) is 2.78. The molecule has 0 radical (unpaired) electrons. The van der Waals surface area contributed by atoms with Gasteiger partial charge in [0.05, 0.1) is 6.10 Å². The lowest BCUT2D eigenvalue weighted by Gasteiger charge is -2.35. The zero-order valence-electron chi connectivity index (χ0n) is 17.0. The van der Waals surface area contributed by atoms with E-state index in [4.69, 9.17) is 0 Å². The van der Waals surface area contributed by atoms with Gasteiger partial charge in [-0.05, 0) is 49.9 Å². The maximum Gasteiger partial charge on any atom is 0.0607 e. The first kappa shape index (κ1) is 21.7. The standard InChI is InChI=1S/C23H44O/c1-6-9-10-11-13-19(5)22(8-3)23(24)17-20-14-12-15-21(16-20)18(4)7-2/h18,20-24H,5-17H2,1-4H3/t18?,20-,21+,22?,23-/m0/s1. The number of hydrogen-bond acceptors (Lipinski definition) is 1. The molecule has 0 heterocycles. The zero-order valence-corrected chi connectivity index (χ0v) is 17.0. The maximum atomic E-state index is 10.9. The molecule has 1 fully saturated rings. The summed E-state index contributed by atoms with van der Waals surface area (Å²) < 4.78 is 0. The van der Waals surface area contributed by atoms with Crippen LogP contribution in [0.15, 0.2) is 12.2 Å². The fourth-order valence-electron chi connectivity index (χ4n) is 4.70. The molecule has 0 aromatic rings. The third-order valence-corrected chi connectivity index (χ3v) is 6.63. The van der Waals surface area contributed by atoms with E-state index in [1.165, 1.54) is 63.4 Å². The Morgan fingerprint density at radius 2 is 1.83 bits per heavy atom. The molecule has 1 aliphatic rings. The Morgan fingerprint density at radius 1 is 1.08 bits per heavy atom. The van der Waals surface area contributed by atoms with Crippen LogP contribution < -0.4 is 0 Å². The first-order valence-electron chi connectivity index (χ1n) is 10.9. The van der Waals surface area contributed by atoms with Crippen molar-refractivity contribution in [1.82, 2.24) is 0 Å². The second-order valence-corrected chi connectivity index (χ2v) is 8.46. The Labute approximate surface area is 152 Å². The van der Waals surface area contributed by atoms with Crippen LogP contribution in [0.5, 0.6) is 0 Å². The predicted octanol–water partition coefficient (Wildman–Crippen LogP) is 7.14. The number of aliphatic hydroxyl groups excluding tert-OH is 1. The topological polar surface area (TPSA) is 20.2 Å². The van der Waals surface area contributed by atoms with Crippen LogP contribution in [0.2, 0.25) is 0 Å². The number of rotatable bonds is 12. The van der Waals surface area contributed by atoms with Gasteiger partial charge in [0.2, 0.25) is 0 Å². The van der Waals surface area contributed by atoms with Gasteiger partial charge in [0.15, 0.2) is 0 Å². The summed E-state index contributed by atoms with van der Waals surface area (Å²) in [5.41, 5.74) is 1.30. The third kappa shape index (κ3) is 7.30. The van der Waals surface area contributed by atoms with Gasteiger partial charge in [0.1, 0.15) is 0 Å². The molecule has 0 bridgehead atoms. The molecule has 0 spiro atoms. The van der Waals surface area contributed by atoms with Crippen molar-refractivity contribution in [3.8, 4) is 0 Å². The van der Waals surface area contributed by atoms with Gasteiger partial charge in [-0.15, -0.1) is 0 Å². The van der Waals surface area contributed by atoms with Crippen molar-refractivity contribution >= 4 is 0 Å². The summed E-state index contributed by atoms with van der Waals surface area (Å²) >= 11 is 0. The molecule has 142 valence electrons. The number of hydrogen-bond donors (Lipinski definition) is 1. The Balaban J connectivity index is 2.44. The Kier molecular flexibility index (Phi) is 11.0. The molecule has 0 aromatic heterocycles. The summed E-state index contributed by atoms with van der Waals surface area (Å²) in [6.07, 6.45) is 14.9. The minimum absolute atomic E-state index is 0.172. The minimum Gasteiger partial charge on any atom is -0.392 e. The lowest BCUT2D eigenvalue weighted by molar-refractivity contribution is 0.0728. The zero-order chi connectivity index (χ0) is 17.9. The van der Waals surface area contributed by atoms with Gasteiger partial charge in [-0.25, -0.2) is 0 Å². The van der Waals surface area contributed by atoms with Crippen molar-refractivity contribution in [1.29, 1.82) is 0 Å². The highest BCUT2D eigenvalue weighted by Crippen LogP contribution is 2.38. The van der Waals surface area contributed by atoms with Gasteiger partial charge < -0.3 is 5.11 Å². The summed E-state index contributed by atoms with van der Waals surface area (Å²) in [6, 6.07) is 0. The van der Waals surface area contributed by atoms with Crippen molar-refractivity contribution in [3.05, 3.63) is 12.2 Å². The monoisotopic (exact) mass is 336 g/mol. The van der Waals surface area contributed by atoms with E-state index in [0.717, 1.165) is 37.0 Å². The molecule has 0 aromatic carbocycles. The van der Waals surface area contributed by atoms with Crippen molar-refractivity contribution in [2.24, 2.45) is 23.7 Å². The minimum atomic E-state index is -0.172. The van der Waals surface area contributed by atoms with Crippen molar-refractivity contribution < 1.29 is 5.11 Å². The molecule has 0 aliphatic heterocycles. The average molecular weight is 337 g/mol. The highest BCUT2D eigenvalue weighted by atomic mass is 16.3. The Bertz CT molecular complexity index is 335. The van der Waals surface area contributed by atoms with E-state index in [-0.39, 0.29) is 6.10 Å². The van der Waals surface area contributed by atoms with Crippen LogP contribution in [-0.4, -0.2) is 11.2 Å². The molecule has 2 unspecified atom stereocenters. The van der Waals surface area contributed by atoms with E-state index in [1.54, 1.807) is 0 Å². The molecular weight excluding hydrogens is 292 g/mol. The molecule has 1 nitrogen and oxygen atoms in total. The second-order valence-electron chi connectivity index (χ2n) is 8.46. The summed E-state index contributed by atoms with van der Waals surface area (Å²) in [7, 11) is 0. The second kappa shape index (κ2) is 12.1. The van der Waals surface area contributed by atoms with Gasteiger partial charge in [-0.2, -0.15) is 0 Å². The maximum absolute atomic E-state index is 10.9. The smallest absolute Gasteiger partial charge is 0.0607 e. The van der Waals surface area contributed by atoms with Crippen LogP contribution in [0.3, 0.4) is 0 Å². The first-order chi connectivity index (χ1) is 11.5. The molecule has 0 amide bonds. The normalized spacial score (nSPS) is 25.2. The summed E-state index contributed by atoms with van der Waals surface area (Å²) in [6.45, 7) is 13.5. The fraction of sp³-hybridized carbons (Fsp3) is 0.913. The molecule has 5 atom stereocenters. The van der Waals surface area contributed by atoms with Gasteiger partial charge >= 0.3 is 0 Å². The lowest BCUT2D eigenvalue weighted by atomic mass is 9.72. The van der Waals surface area contributed by atoms with Gasteiger partial charge in [-0.1, -0.05) is 84.8 Å². The molecule has 24 heavy (non-hydrogen) atoms. The first-order valence-corrected chi connectivity index (χ1v) is 10.9. The van der Waals surface area contributed by atoms with E-state index >= 15 is 0 Å². The Morgan fingerprint density at radius 3 is 2.46 bits per heavy atom. The summed E-state index contributed by atoms with van der Waals surface area (Å²) in [5, 5.41) is 10.9. The van der Waals surface area contributed by atoms with E-state index in [1.807, 2.05) is 0 Å². The van der Waals surface area contributed by atoms with Crippen molar-refractivity contribution in [2.45, 2.75) is 111 Å². The number of aliphatic hydroxyl groups is 1. The molecule has 1 saturated carbocycles. The van der Waals surface area contributed by atoms with Crippen LogP contribution in [0.4, 0.5) is 0 Å². The number of unbranched alkanes of at least 4 members (excludes halogenated alkanes) is 3.